The van der Waals surface area contributed by atoms with Crippen molar-refractivity contribution in [2.45, 2.75) is 6.92 Å². The summed E-state index contributed by atoms with van der Waals surface area (Å²) in [6.45, 7) is 2.09. The average molecular weight is 163 g/mol. The van der Waals surface area contributed by atoms with E-state index in [4.69, 9.17) is 5.73 Å². The van der Waals surface area contributed by atoms with E-state index in [1.54, 1.807) is 11.3 Å². The Hall–Kier alpha value is -1.02. The molecule has 0 atom stereocenters. The first-order chi connectivity index (χ1) is 5.27. The van der Waals surface area contributed by atoms with Gasteiger partial charge >= 0.3 is 0 Å². The normalized spacial score (nSPS) is 10.6. The van der Waals surface area contributed by atoms with E-state index in [-0.39, 0.29) is 0 Å². The molecule has 0 unspecified atom stereocenters. The van der Waals surface area contributed by atoms with Gasteiger partial charge in [0.25, 0.3) is 0 Å². The van der Waals surface area contributed by atoms with Crippen LogP contribution < -0.4 is 5.73 Å². The number of benzene rings is 1. The smallest absolute Gasteiger partial charge is 0.0365 e. The predicted molar refractivity (Wildman–Crippen MR) is 51.0 cm³/mol. The highest BCUT2D eigenvalue weighted by molar-refractivity contribution is 7.17. The molecule has 1 nitrogen and oxygen atoms in total. The van der Waals surface area contributed by atoms with Gasteiger partial charge in [0.1, 0.15) is 0 Å². The monoisotopic (exact) mass is 163 g/mol. The SMILES string of the molecule is Cc1cc(N)cc2sccc12. The van der Waals surface area contributed by atoms with Crippen LogP contribution in [0.1, 0.15) is 5.56 Å². The van der Waals surface area contributed by atoms with Crippen LogP contribution in [0.15, 0.2) is 23.6 Å². The van der Waals surface area contributed by atoms with E-state index in [0.717, 1.165) is 5.69 Å². The zero-order valence-corrected chi connectivity index (χ0v) is 7.11. The number of nitrogen functional groups attached to an aromatic ring is 1. The Morgan fingerprint density at radius 1 is 1.36 bits per heavy atom. The third-order valence-electron chi connectivity index (χ3n) is 1.80. The van der Waals surface area contributed by atoms with Gasteiger partial charge in [0.05, 0.1) is 0 Å². The van der Waals surface area contributed by atoms with Gasteiger partial charge in [-0.3, -0.25) is 0 Å². The largest absolute Gasteiger partial charge is 0.399 e. The molecule has 1 aromatic carbocycles. The van der Waals surface area contributed by atoms with Gasteiger partial charge < -0.3 is 5.73 Å². The predicted octanol–water partition coefficient (Wildman–Crippen LogP) is 2.79. The summed E-state index contributed by atoms with van der Waals surface area (Å²) in [5.74, 6) is 0. The van der Waals surface area contributed by atoms with Crippen LogP contribution in [0, 0.1) is 6.92 Å². The molecule has 0 saturated heterocycles. The molecule has 0 radical (unpaired) electrons. The molecule has 0 aliphatic heterocycles. The molecule has 2 rings (SSSR count). The van der Waals surface area contributed by atoms with E-state index in [0.29, 0.717) is 0 Å². The van der Waals surface area contributed by atoms with Crippen molar-refractivity contribution in [1.29, 1.82) is 0 Å². The van der Waals surface area contributed by atoms with Crippen molar-refractivity contribution in [2.24, 2.45) is 0 Å². The third-order valence-corrected chi connectivity index (χ3v) is 2.66. The topological polar surface area (TPSA) is 26.0 Å². The van der Waals surface area contributed by atoms with E-state index in [1.165, 1.54) is 15.6 Å². The van der Waals surface area contributed by atoms with E-state index >= 15 is 0 Å². The van der Waals surface area contributed by atoms with Crippen molar-refractivity contribution in [1.82, 2.24) is 0 Å². The maximum atomic E-state index is 5.69. The Kier molecular flexibility index (Phi) is 1.36. The van der Waals surface area contributed by atoms with Crippen molar-refractivity contribution in [2.75, 3.05) is 5.73 Å². The Bertz CT molecular complexity index is 389. The first kappa shape index (κ1) is 6.68. The maximum absolute atomic E-state index is 5.69. The Labute approximate surface area is 69.5 Å². The van der Waals surface area contributed by atoms with Crippen molar-refractivity contribution in [3.63, 3.8) is 0 Å². The lowest BCUT2D eigenvalue weighted by molar-refractivity contribution is 1.54. The standard InChI is InChI=1S/C9H9NS/c1-6-4-7(10)5-9-8(6)2-3-11-9/h2-5H,10H2,1H3. The molecule has 0 spiro atoms. The lowest BCUT2D eigenvalue weighted by atomic mass is 10.1. The van der Waals surface area contributed by atoms with Crippen molar-refractivity contribution >= 4 is 27.1 Å². The van der Waals surface area contributed by atoms with Crippen LogP contribution in [0.3, 0.4) is 0 Å². The number of hydrogen-bond donors (Lipinski definition) is 1. The summed E-state index contributed by atoms with van der Waals surface area (Å²) in [6, 6.07) is 6.16. The minimum atomic E-state index is 0.859. The lowest BCUT2D eigenvalue weighted by Gasteiger charge is -1.97. The van der Waals surface area contributed by atoms with Gasteiger partial charge in [0, 0.05) is 10.4 Å². The number of fused-ring (bicyclic) bond motifs is 1. The van der Waals surface area contributed by atoms with E-state index in [9.17, 15) is 0 Å². The number of hydrogen-bond acceptors (Lipinski definition) is 2. The molecule has 0 amide bonds. The second-order valence-corrected chi connectivity index (χ2v) is 3.62. The number of aryl methyl sites for hydroxylation is 1. The van der Waals surface area contributed by atoms with E-state index in [1.807, 2.05) is 12.1 Å². The van der Waals surface area contributed by atoms with Gasteiger partial charge in [0.15, 0.2) is 0 Å². The molecular weight excluding hydrogens is 154 g/mol. The van der Waals surface area contributed by atoms with E-state index < -0.39 is 0 Å². The molecule has 11 heavy (non-hydrogen) atoms. The molecule has 0 fully saturated rings. The van der Waals surface area contributed by atoms with Gasteiger partial charge in [0.2, 0.25) is 0 Å². The van der Waals surface area contributed by atoms with Crippen LogP contribution in [0.5, 0.6) is 0 Å². The van der Waals surface area contributed by atoms with Gasteiger partial charge in [-0.05, 0) is 41.5 Å². The fraction of sp³-hybridized carbons (Fsp3) is 0.111. The van der Waals surface area contributed by atoms with Gasteiger partial charge in [-0.15, -0.1) is 11.3 Å². The van der Waals surface area contributed by atoms with Gasteiger partial charge in [-0.1, -0.05) is 0 Å². The summed E-state index contributed by atoms with van der Waals surface area (Å²) >= 11 is 1.74. The summed E-state index contributed by atoms with van der Waals surface area (Å²) in [5.41, 5.74) is 7.81. The molecule has 2 heteroatoms. The number of thiophene rings is 1. The quantitative estimate of drug-likeness (QED) is 0.594. The number of rotatable bonds is 0. The van der Waals surface area contributed by atoms with Gasteiger partial charge in [-0.2, -0.15) is 0 Å². The van der Waals surface area contributed by atoms with Crippen LogP contribution in [-0.2, 0) is 0 Å². The van der Waals surface area contributed by atoms with Crippen LogP contribution in [0.2, 0.25) is 0 Å². The Morgan fingerprint density at radius 2 is 2.18 bits per heavy atom. The molecule has 0 bridgehead atoms. The number of nitrogens with two attached hydrogens (primary N) is 1. The highest BCUT2D eigenvalue weighted by Crippen LogP contribution is 2.26. The fourth-order valence-corrected chi connectivity index (χ4v) is 2.19. The van der Waals surface area contributed by atoms with Crippen LogP contribution >= 0.6 is 11.3 Å². The third kappa shape index (κ3) is 0.994. The van der Waals surface area contributed by atoms with Gasteiger partial charge in [-0.25, -0.2) is 0 Å². The summed E-state index contributed by atoms with van der Waals surface area (Å²) < 4.78 is 1.28. The molecule has 0 aliphatic carbocycles. The zero-order chi connectivity index (χ0) is 7.84. The minimum absolute atomic E-state index is 0.859. The Morgan fingerprint density at radius 3 is 3.00 bits per heavy atom. The zero-order valence-electron chi connectivity index (χ0n) is 6.29. The molecule has 1 aromatic heterocycles. The lowest BCUT2D eigenvalue weighted by Crippen LogP contribution is -1.84. The summed E-state index contributed by atoms with van der Waals surface area (Å²) in [7, 11) is 0. The second kappa shape index (κ2) is 2.24. The number of anilines is 1. The van der Waals surface area contributed by atoms with Crippen LogP contribution in [0.25, 0.3) is 10.1 Å². The molecular formula is C9H9NS. The molecule has 0 saturated carbocycles. The molecule has 0 aliphatic rings. The van der Waals surface area contributed by atoms with Crippen molar-refractivity contribution < 1.29 is 0 Å². The maximum Gasteiger partial charge on any atom is 0.0365 e. The van der Waals surface area contributed by atoms with Crippen LogP contribution in [0.4, 0.5) is 5.69 Å². The van der Waals surface area contributed by atoms with Crippen LogP contribution in [-0.4, -0.2) is 0 Å². The molecule has 2 aromatic rings. The second-order valence-electron chi connectivity index (χ2n) is 2.67. The van der Waals surface area contributed by atoms with E-state index in [2.05, 4.69) is 18.4 Å². The highest BCUT2D eigenvalue weighted by atomic mass is 32.1. The van der Waals surface area contributed by atoms with Crippen molar-refractivity contribution in [3.8, 4) is 0 Å². The minimum Gasteiger partial charge on any atom is -0.399 e. The summed E-state index contributed by atoms with van der Waals surface area (Å²) in [6.07, 6.45) is 0. The molecule has 2 N–H and O–H groups in total. The van der Waals surface area contributed by atoms with Crippen molar-refractivity contribution in [3.05, 3.63) is 29.1 Å². The highest BCUT2D eigenvalue weighted by Gasteiger charge is 1.98. The fourth-order valence-electron chi connectivity index (χ4n) is 1.28. The first-order valence-electron chi connectivity index (χ1n) is 3.51. The average Bonchev–Trinajstić information content (AvgIpc) is 2.34. The summed E-state index contributed by atoms with van der Waals surface area (Å²) in [5, 5.41) is 3.42. The molecule has 56 valence electrons. The summed E-state index contributed by atoms with van der Waals surface area (Å²) in [4.78, 5) is 0. The molecule has 1 heterocycles. The Balaban J connectivity index is 2.91. The first-order valence-corrected chi connectivity index (χ1v) is 4.38.